The third-order valence-corrected chi connectivity index (χ3v) is 3.97. The third kappa shape index (κ3) is 4.21. The monoisotopic (exact) mass is 354 g/mol. The van der Waals surface area contributed by atoms with Crippen molar-refractivity contribution in [2.45, 2.75) is 0 Å². The van der Waals surface area contributed by atoms with E-state index in [1.54, 1.807) is 18.2 Å². The summed E-state index contributed by atoms with van der Waals surface area (Å²) in [6.07, 6.45) is 0. The van der Waals surface area contributed by atoms with Crippen molar-refractivity contribution in [3.05, 3.63) is 50.1 Å². The standard InChI is InChI=1S/C14H8Cl2N2O3S/c15-11-5-10(13(16)22-11)14(20)21-7-12(19)18-9-3-1-2-8(4-9)6-17/h1-5H,7H2,(H,18,19). The molecule has 0 aliphatic rings. The molecule has 0 saturated carbocycles. The molecule has 0 aliphatic carbocycles. The van der Waals surface area contributed by atoms with Crippen molar-refractivity contribution in [3.63, 3.8) is 0 Å². The summed E-state index contributed by atoms with van der Waals surface area (Å²) in [5.41, 5.74) is 0.974. The fraction of sp³-hybridized carbons (Fsp3) is 0.0714. The molecule has 2 aromatic rings. The number of nitrogens with zero attached hydrogens (tertiary/aromatic N) is 1. The molecule has 1 N–H and O–H groups in total. The van der Waals surface area contributed by atoms with E-state index in [0.717, 1.165) is 11.3 Å². The number of ether oxygens (including phenoxy) is 1. The van der Waals surface area contributed by atoms with Crippen LogP contribution < -0.4 is 5.32 Å². The van der Waals surface area contributed by atoms with Gasteiger partial charge in [0.1, 0.15) is 4.34 Å². The summed E-state index contributed by atoms with van der Waals surface area (Å²) in [5.74, 6) is -1.25. The summed E-state index contributed by atoms with van der Waals surface area (Å²) in [6.45, 7) is -0.473. The fourth-order valence-corrected chi connectivity index (χ4v) is 2.99. The number of anilines is 1. The molecule has 0 radical (unpaired) electrons. The Labute approximate surface area is 140 Å². The first kappa shape index (κ1) is 16.3. The lowest BCUT2D eigenvalue weighted by atomic mass is 10.2. The molecule has 1 aromatic heterocycles. The summed E-state index contributed by atoms with van der Waals surface area (Å²) in [5, 5.41) is 11.3. The number of rotatable bonds is 4. The van der Waals surface area contributed by atoms with Gasteiger partial charge in [-0.15, -0.1) is 11.3 Å². The average molecular weight is 355 g/mol. The van der Waals surface area contributed by atoms with Crippen LogP contribution in [0.5, 0.6) is 0 Å². The van der Waals surface area contributed by atoms with Gasteiger partial charge in [-0.25, -0.2) is 4.79 Å². The second-order valence-corrected chi connectivity index (χ2v) is 6.34. The number of amides is 1. The predicted molar refractivity (Wildman–Crippen MR) is 84.4 cm³/mol. The van der Waals surface area contributed by atoms with Crippen molar-refractivity contribution in [2.75, 3.05) is 11.9 Å². The quantitative estimate of drug-likeness (QED) is 0.848. The molecule has 22 heavy (non-hydrogen) atoms. The average Bonchev–Trinajstić information content (AvgIpc) is 2.83. The maximum absolute atomic E-state index is 11.8. The molecule has 1 aromatic carbocycles. The van der Waals surface area contributed by atoms with E-state index in [2.05, 4.69) is 5.32 Å². The summed E-state index contributed by atoms with van der Waals surface area (Å²) < 4.78 is 5.42. The smallest absolute Gasteiger partial charge is 0.341 e. The second kappa shape index (κ2) is 7.27. The molecule has 112 valence electrons. The molecule has 0 atom stereocenters. The number of carbonyl (C=O) groups is 2. The minimum absolute atomic E-state index is 0.121. The summed E-state index contributed by atoms with van der Waals surface area (Å²) in [6, 6.07) is 9.71. The zero-order valence-electron chi connectivity index (χ0n) is 10.9. The van der Waals surface area contributed by atoms with Crippen molar-refractivity contribution in [1.82, 2.24) is 0 Å². The van der Waals surface area contributed by atoms with Crippen LogP contribution >= 0.6 is 34.5 Å². The molecule has 0 bridgehead atoms. The van der Waals surface area contributed by atoms with Crippen LogP contribution in [0.2, 0.25) is 8.67 Å². The number of carbonyl (C=O) groups excluding carboxylic acids is 2. The van der Waals surface area contributed by atoms with Gasteiger partial charge in [-0.05, 0) is 24.3 Å². The lowest BCUT2D eigenvalue weighted by Crippen LogP contribution is -2.20. The van der Waals surface area contributed by atoms with E-state index in [-0.39, 0.29) is 9.90 Å². The molecule has 0 spiro atoms. The van der Waals surface area contributed by atoms with Gasteiger partial charge in [0.2, 0.25) is 0 Å². The van der Waals surface area contributed by atoms with E-state index in [1.807, 2.05) is 6.07 Å². The molecular formula is C14H8Cl2N2O3S. The molecular weight excluding hydrogens is 347 g/mol. The van der Waals surface area contributed by atoms with Crippen LogP contribution in [-0.4, -0.2) is 18.5 Å². The normalized spacial score (nSPS) is 9.86. The zero-order valence-corrected chi connectivity index (χ0v) is 13.3. The van der Waals surface area contributed by atoms with Crippen molar-refractivity contribution >= 4 is 52.1 Å². The van der Waals surface area contributed by atoms with Crippen LogP contribution in [0.4, 0.5) is 5.69 Å². The second-order valence-electron chi connectivity index (χ2n) is 4.05. The molecule has 2 rings (SSSR count). The highest BCUT2D eigenvalue weighted by molar-refractivity contribution is 7.20. The van der Waals surface area contributed by atoms with Crippen molar-refractivity contribution < 1.29 is 14.3 Å². The molecule has 1 amide bonds. The van der Waals surface area contributed by atoms with Crippen molar-refractivity contribution in [2.24, 2.45) is 0 Å². The molecule has 0 fully saturated rings. The number of hydrogen-bond acceptors (Lipinski definition) is 5. The fourth-order valence-electron chi connectivity index (χ4n) is 1.55. The highest BCUT2D eigenvalue weighted by Crippen LogP contribution is 2.31. The van der Waals surface area contributed by atoms with Gasteiger partial charge in [0.05, 0.1) is 21.5 Å². The van der Waals surface area contributed by atoms with Crippen molar-refractivity contribution in [3.8, 4) is 6.07 Å². The number of nitriles is 1. The van der Waals surface area contributed by atoms with E-state index < -0.39 is 18.5 Å². The highest BCUT2D eigenvalue weighted by atomic mass is 35.5. The Morgan fingerprint density at radius 2 is 2.09 bits per heavy atom. The first-order valence-corrected chi connectivity index (χ1v) is 7.49. The summed E-state index contributed by atoms with van der Waals surface area (Å²) in [4.78, 5) is 23.5. The van der Waals surface area contributed by atoms with E-state index >= 15 is 0 Å². The summed E-state index contributed by atoms with van der Waals surface area (Å²) >= 11 is 12.6. The summed E-state index contributed by atoms with van der Waals surface area (Å²) in [7, 11) is 0. The zero-order chi connectivity index (χ0) is 16.1. The molecule has 1 heterocycles. The minimum atomic E-state index is -0.728. The Morgan fingerprint density at radius 3 is 2.73 bits per heavy atom. The highest BCUT2D eigenvalue weighted by Gasteiger charge is 2.17. The molecule has 5 nitrogen and oxygen atoms in total. The van der Waals surface area contributed by atoms with Crippen LogP contribution in [-0.2, 0) is 9.53 Å². The number of esters is 1. The van der Waals surface area contributed by atoms with Crippen LogP contribution in [0, 0.1) is 11.3 Å². The van der Waals surface area contributed by atoms with E-state index in [4.69, 9.17) is 33.2 Å². The third-order valence-electron chi connectivity index (χ3n) is 2.49. The van der Waals surface area contributed by atoms with Gasteiger partial charge < -0.3 is 10.1 Å². The van der Waals surface area contributed by atoms with Crippen LogP contribution in [0.15, 0.2) is 30.3 Å². The van der Waals surface area contributed by atoms with Gasteiger partial charge in [0, 0.05) is 5.69 Å². The number of halogens is 2. The van der Waals surface area contributed by atoms with Gasteiger partial charge in [-0.1, -0.05) is 29.3 Å². The Bertz CT molecular complexity index is 768. The maximum Gasteiger partial charge on any atom is 0.341 e. The first-order chi connectivity index (χ1) is 10.5. The predicted octanol–water partition coefficient (Wildman–Crippen LogP) is 3.72. The number of benzene rings is 1. The number of hydrogen-bond donors (Lipinski definition) is 1. The maximum atomic E-state index is 11.8. The van der Waals surface area contributed by atoms with Crippen LogP contribution in [0.25, 0.3) is 0 Å². The van der Waals surface area contributed by atoms with E-state index in [9.17, 15) is 9.59 Å². The topological polar surface area (TPSA) is 79.2 Å². The lowest BCUT2D eigenvalue weighted by Gasteiger charge is -2.06. The Kier molecular flexibility index (Phi) is 5.39. The van der Waals surface area contributed by atoms with Gasteiger partial charge in [-0.3, -0.25) is 4.79 Å². The van der Waals surface area contributed by atoms with Crippen molar-refractivity contribution in [1.29, 1.82) is 5.26 Å². The first-order valence-electron chi connectivity index (χ1n) is 5.91. The number of thiophene rings is 1. The van der Waals surface area contributed by atoms with Gasteiger partial charge >= 0.3 is 5.97 Å². The van der Waals surface area contributed by atoms with E-state index in [0.29, 0.717) is 15.6 Å². The van der Waals surface area contributed by atoms with Gasteiger partial charge in [0.25, 0.3) is 5.91 Å². The molecule has 8 heteroatoms. The van der Waals surface area contributed by atoms with Crippen LogP contribution in [0.3, 0.4) is 0 Å². The van der Waals surface area contributed by atoms with Gasteiger partial charge in [0.15, 0.2) is 6.61 Å². The number of nitrogens with one attached hydrogen (secondary N) is 1. The minimum Gasteiger partial charge on any atom is -0.452 e. The Hall–Kier alpha value is -2.07. The van der Waals surface area contributed by atoms with Gasteiger partial charge in [-0.2, -0.15) is 5.26 Å². The molecule has 0 aliphatic heterocycles. The Morgan fingerprint density at radius 1 is 1.32 bits per heavy atom. The Balaban J connectivity index is 1.91. The van der Waals surface area contributed by atoms with Crippen LogP contribution in [0.1, 0.15) is 15.9 Å². The largest absolute Gasteiger partial charge is 0.452 e. The molecule has 0 unspecified atom stereocenters. The lowest BCUT2D eigenvalue weighted by molar-refractivity contribution is -0.119. The molecule has 0 saturated heterocycles. The van der Waals surface area contributed by atoms with E-state index in [1.165, 1.54) is 12.1 Å². The SMILES string of the molecule is N#Cc1cccc(NC(=O)COC(=O)c2cc(Cl)sc2Cl)c1.